The van der Waals surface area contributed by atoms with Crippen molar-refractivity contribution < 1.29 is 17.5 Å². The van der Waals surface area contributed by atoms with Crippen molar-refractivity contribution in [3.05, 3.63) is 52.7 Å². The topological polar surface area (TPSA) is 55.4 Å². The molecule has 7 heteroatoms. The van der Waals surface area contributed by atoms with E-state index in [0.29, 0.717) is 5.56 Å². The summed E-state index contributed by atoms with van der Waals surface area (Å²) in [5.74, 6) is -0.383. The van der Waals surface area contributed by atoms with E-state index in [9.17, 15) is 12.8 Å². The summed E-state index contributed by atoms with van der Waals surface area (Å²) < 4.78 is 45.5. The number of rotatable bonds is 6. The molecule has 0 bridgehead atoms. The Bertz CT molecular complexity index is 713. The Hall–Kier alpha value is -1.28. The first-order chi connectivity index (χ1) is 9.92. The predicted octanol–water partition coefficient (Wildman–Crippen LogP) is 2.86. The molecular weight excluding hydrogens is 313 g/mol. The van der Waals surface area contributed by atoms with Crippen LogP contribution in [0.2, 0.25) is 0 Å². The van der Waals surface area contributed by atoms with E-state index in [1.54, 1.807) is 24.3 Å². The normalized spacial score (nSPS) is 13.3. The molecule has 2 aromatic rings. The fourth-order valence-electron chi connectivity index (χ4n) is 1.86. The van der Waals surface area contributed by atoms with Crippen molar-refractivity contribution in [2.45, 2.75) is 17.2 Å². The van der Waals surface area contributed by atoms with Gasteiger partial charge in [0.25, 0.3) is 0 Å². The smallest absolute Gasteiger partial charge is 0.250 e. The Balaban J connectivity index is 2.10. The molecule has 1 atom stereocenters. The summed E-state index contributed by atoms with van der Waals surface area (Å²) in [6.45, 7) is 1.88. The molecule has 1 N–H and O–H groups in total. The van der Waals surface area contributed by atoms with Crippen LogP contribution in [0, 0.1) is 12.7 Å². The second-order valence-electron chi connectivity index (χ2n) is 4.50. The van der Waals surface area contributed by atoms with Crippen LogP contribution >= 0.6 is 11.3 Å². The summed E-state index contributed by atoms with van der Waals surface area (Å²) in [5, 5.41) is 0. The van der Waals surface area contributed by atoms with Gasteiger partial charge in [0, 0.05) is 18.5 Å². The minimum atomic E-state index is -3.57. The van der Waals surface area contributed by atoms with E-state index in [0.717, 1.165) is 4.88 Å². The third kappa shape index (κ3) is 4.10. The van der Waals surface area contributed by atoms with Gasteiger partial charge in [-0.15, -0.1) is 11.3 Å². The highest BCUT2D eigenvalue weighted by atomic mass is 32.2. The van der Waals surface area contributed by atoms with Gasteiger partial charge in [0.05, 0.1) is 6.10 Å². The molecule has 0 radical (unpaired) electrons. The van der Waals surface area contributed by atoms with Crippen LogP contribution in [0.5, 0.6) is 0 Å². The van der Waals surface area contributed by atoms with E-state index in [1.807, 2.05) is 6.92 Å². The average Bonchev–Trinajstić information content (AvgIpc) is 2.87. The third-order valence-corrected chi connectivity index (χ3v) is 5.86. The first-order valence-corrected chi connectivity index (χ1v) is 8.56. The number of hydrogen-bond acceptors (Lipinski definition) is 4. The van der Waals surface area contributed by atoms with Gasteiger partial charge in [0.1, 0.15) is 10.0 Å². The lowest BCUT2D eigenvalue weighted by Crippen LogP contribution is -2.28. The Morgan fingerprint density at radius 3 is 2.67 bits per heavy atom. The second kappa shape index (κ2) is 6.65. The molecule has 0 unspecified atom stereocenters. The van der Waals surface area contributed by atoms with Crippen molar-refractivity contribution >= 4 is 21.4 Å². The maximum atomic E-state index is 13.2. The summed E-state index contributed by atoms with van der Waals surface area (Å²) in [7, 11) is -2.11. The molecule has 1 aromatic heterocycles. The second-order valence-corrected chi connectivity index (χ2v) is 7.78. The first kappa shape index (κ1) is 16.1. The van der Waals surface area contributed by atoms with Crippen LogP contribution in [0.3, 0.4) is 0 Å². The molecule has 0 saturated carbocycles. The van der Waals surface area contributed by atoms with Gasteiger partial charge in [-0.25, -0.2) is 17.5 Å². The number of nitrogens with one attached hydrogen (secondary N) is 1. The fraction of sp³-hybridized carbons (Fsp3) is 0.286. The predicted molar refractivity (Wildman–Crippen MR) is 80.4 cm³/mol. The lowest BCUT2D eigenvalue weighted by molar-refractivity contribution is 0.107. The lowest BCUT2D eigenvalue weighted by Gasteiger charge is -2.16. The van der Waals surface area contributed by atoms with Crippen LogP contribution in [0.1, 0.15) is 16.5 Å². The van der Waals surface area contributed by atoms with Crippen LogP contribution in [-0.4, -0.2) is 22.1 Å². The van der Waals surface area contributed by atoms with Crippen LogP contribution in [0.15, 0.2) is 40.6 Å². The molecule has 2 rings (SSSR count). The van der Waals surface area contributed by atoms with Gasteiger partial charge in [0.2, 0.25) is 10.0 Å². The standard InChI is InChI=1S/C14H16FNO3S2/c1-10-6-7-14(20-10)21(17,18)16-9-13(19-2)11-4-3-5-12(15)8-11/h3-8,13,16H,9H2,1-2H3/t13-/m1/s1. The Labute approximate surface area is 127 Å². The summed E-state index contributed by atoms with van der Waals surface area (Å²) in [6.07, 6.45) is -0.545. The van der Waals surface area contributed by atoms with E-state index < -0.39 is 16.1 Å². The minimum Gasteiger partial charge on any atom is -0.375 e. The maximum Gasteiger partial charge on any atom is 0.250 e. The average molecular weight is 329 g/mol. The molecule has 0 fully saturated rings. The number of benzene rings is 1. The third-order valence-electron chi connectivity index (χ3n) is 2.94. The zero-order chi connectivity index (χ0) is 15.5. The number of hydrogen-bond donors (Lipinski definition) is 1. The molecule has 0 amide bonds. The van der Waals surface area contributed by atoms with Crippen LogP contribution in [0.4, 0.5) is 4.39 Å². The highest BCUT2D eigenvalue weighted by Gasteiger charge is 2.19. The lowest BCUT2D eigenvalue weighted by atomic mass is 10.1. The summed E-state index contributed by atoms with van der Waals surface area (Å²) in [6, 6.07) is 9.23. The molecule has 0 aliphatic rings. The number of aryl methyl sites for hydroxylation is 1. The fourth-order valence-corrected chi connectivity index (χ4v) is 4.22. The number of sulfonamides is 1. The largest absolute Gasteiger partial charge is 0.375 e. The highest BCUT2D eigenvalue weighted by molar-refractivity contribution is 7.91. The van der Waals surface area contributed by atoms with Crippen molar-refractivity contribution in [2.75, 3.05) is 13.7 Å². The van der Waals surface area contributed by atoms with Crippen molar-refractivity contribution in [2.24, 2.45) is 0 Å². The Morgan fingerprint density at radius 1 is 1.33 bits per heavy atom. The van der Waals surface area contributed by atoms with Crippen molar-refractivity contribution in [1.82, 2.24) is 4.72 Å². The number of thiophene rings is 1. The van der Waals surface area contributed by atoms with Crippen molar-refractivity contribution in [3.8, 4) is 0 Å². The van der Waals surface area contributed by atoms with Crippen LogP contribution in [0.25, 0.3) is 0 Å². The van der Waals surface area contributed by atoms with Crippen LogP contribution in [-0.2, 0) is 14.8 Å². The van der Waals surface area contributed by atoms with Gasteiger partial charge < -0.3 is 4.74 Å². The van der Waals surface area contributed by atoms with E-state index in [4.69, 9.17) is 4.74 Å². The summed E-state index contributed by atoms with van der Waals surface area (Å²) in [5.41, 5.74) is 0.586. The van der Waals surface area contributed by atoms with Crippen LogP contribution < -0.4 is 4.72 Å². The summed E-state index contributed by atoms with van der Waals surface area (Å²) in [4.78, 5) is 0.920. The molecule has 0 spiro atoms. The van der Waals surface area contributed by atoms with E-state index in [-0.39, 0.29) is 16.6 Å². The van der Waals surface area contributed by atoms with E-state index in [2.05, 4.69) is 4.72 Å². The van der Waals surface area contributed by atoms with Gasteiger partial charge in [-0.05, 0) is 36.8 Å². The highest BCUT2D eigenvalue weighted by Crippen LogP contribution is 2.22. The molecule has 0 saturated heterocycles. The molecule has 0 aliphatic carbocycles. The number of methoxy groups -OCH3 is 1. The molecule has 1 aromatic carbocycles. The SMILES string of the molecule is CO[C@H](CNS(=O)(=O)c1ccc(C)s1)c1cccc(F)c1. The van der Waals surface area contributed by atoms with E-state index in [1.165, 1.54) is 30.6 Å². The quantitative estimate of drug-likeness (QED) is 0.886. The van der Waals surface area contributed by atoms with Gasteiger partial charge in [-0.2, -0.15) is 0 Å². The zero-order valence-electron chi connectivity index (χ0n) is 11.7. The molecule has 1 heterocycles. The zero-order valence-corrected chi connectivity index (χ0v) is 13.3. The maximum absolute atomic E-state index is 13.2. The molecule has 0 aliphatic heterocycles. The van der Waals surface area contributed by atoms with Gasteiger partial charge in [0.15, 0.2) is 0 Å². The Kier molecular flexibility index (Phi) is 5.10. The molecular formula is C14H16FNO3S2. The molecule has 21 heavy (non-hydrogen) atoms. The molecule has 114 valence electrons. The van der Waals surface area contributed by atoms with E-state index >= 15 is 0 Å². The van der Waals surface area contributed by atoms with Gasteiger partial charge in [-0.1, -0.05) is 12.1 Å². The molecule has 4 nitrogen and oxygen atoms in total. The monoisotopic (exact) mass is 329 g/mol. The van der Waals surface area contributed by atoms with Gasteiger partial charge >= 0.3 is 0 Å². The Morgan fingerprint density at radius 2 is 2.10 bits per heavy atom. The first-order valence-electron chi connectivity index (χ1n) is 6.27. The minimum absolute atomic E-state index is 0.0409. The number of ether oxygens (including phenoxy) is 1. The van der Waals surface area contributed by atoms with Crippen molar-refractivity contribution in [1.29, 1.82) is 0 Å². The number of halogens is 1. The van der Waals surface area contributed by atoms with Crippen molar-refractivity contribution in [3.63, 3.8) is 0 Å². The summed E-state index contributed by atoms with van der Waals surface area (Å²) >= 11 is 1.20. The van der Waals surface area contributed by atoms with Gasteiger partial charge in [-0.3, -0.25) is 0 Å².